The minimum absolute atomic E-state index is 0.413. The molecule has 0 saturated carbocycles. The van der Waals surface area contributed by atoms with Crippen LogP contribution >= 0.6 is 11.6 Å². The predicted molar refractivity (Wildman–Crippen MR) is 85.4 cm³/mol. The second kappa shape index (κ2) is 8.02. The Balaban J connectivity index is 2.01. The van der Waals surface area contributed by atoms with Crippen molar-refractivity contribution in [3.8, 4) is 0 Å². The van der Waals surface area contributed by atoms with Crippen molar-refractivity contribution < 1.29 is 4.74 Å². The van der Waals surface area contributed by atoms with Gasteiger partial charge in [-0.2, -0.15) is 0 Å². The second-order valence-electron chi connectivity index (χ2n) is 5.72. The van der Waals surface area contributed by atoms with Crippen molar-refractivity contribution in [1.29, 1.82) is 0 Å². The van der Waals surface area contributed by atoms with Gasteiger partial charge >= 0.3 is 0 Å². The van der Waals surface area contributed by atoms with Crippen molar-refractivity contribution in [3.05, 3.63) is 34.3 Å². The average Bonchev–Trinajstić information content (AvgIpc) is 2.93. The molecule has 0 aromatic heterocycles. The summed E-state index contributed by atoms with van der Waals surface area (Å²) in [6.45, 7) is 6.35. The Morgan fingerprint density at radius 2 is 2.30 bits per heavy atom. The van der Waals surface area contributed by atoms with E-state index in [1.54, 1.807) is 0 Å². The molecule has 1 N–H and O–H groups in total. The van der Waals surface area contributed by atoms with Crippen LogP contribution in [0.5, 0.6) is 0 Å². The summed E-state index contributed by atoms with van der Waals surface area (Å²) in [5, 5.41) is 4.49. The maximum Gasteiger partial charge on any atom is 0.0576 e. The van der Waals surface area contributed by atoms with Gasteiger partial charge in [-0.3, -0.25) is 0 Å². The summed E-state index contributed by atoms with van der Waals surface area (Å²) < 4.78 is 5.74. The first-order chi connectivity index (χ1) is 9.70. The summed E-state index contributed by atoms with van der Waals surface area (Å²) >= 11 is 6.07. The SMILES string of the molecule is CCCNC(CCC1CCCO1)c1ccc(Cl)cc1C. The van der Waals surface area contributed by atoms with Gasteiger partial charge in [-0.1, -0.05) is 24.6 Å². The van der Waals surface area contributed by atoms with Crippen LogP contribution in [-0.4, -0.2) is 19.3 Å². The van der Waals surface area contributed by atoms with Crippen molar-refractivity contribution in [2.75, 3.05) is 13.2 Å². The van der Waals surface area contributed by atoms with Crippen LogP contribution in [0.1, 0.15) is 56.2 Å². The molecule has 1 aliphatic rings. The molecule has 2 rings (SSSR count). The molecule has 112 valence electrons. The summed E-state index contributed by atoms with van der Waals surface area (Å²) in [6.07, 6.45) is 6.34. The van der Waals surface area contributed by atoms with E-state index < -0.39 is 0 Å². The van der Waals surface area contributed by atoms with Crippen LogP contribution in [0.3, 0.4) is 0 Å². The summed E-state index contributed by atoms with van der Waals surface area (Å²) in [5.74, 6) is 0. The third-order valence-corrected chi connectivity index (χ3v) is 4.28. The number of nitrogens with one attached hydrogen (secondary N) is 1. The number of rotatable bonds is 7. The van der Waals surface area contributed by atoms with E-state index in [-0.39, 0.29) is 0 Å². The molecule has 0 aliphatic carbocycles. The van der Waals surface area contributed by atoms with E-state index in [9.17, 15) is 0 Å². The van der Waals surface area contributed by atoms with Crippen molar-refractivity contribution in [3.63, 3.8) is 0 Å². The van der Waals surface area contributed by atoms with E-state index >= 15 is 0 Å². The number of hydrogen-bond donors (Lipinski definition) is 1. The quantitative estimate of drug-likeness (QED) is 0.790. The minimum Gasteiger partial charge on any atom is -0.378 e. The molecule has 1 aromatic rings. The van der Waals surface area contributed by atoms with Gasteiger partial charge < -0.3 is 10.1 Å². The van der Waals surface area contributed by atoms with Crippen LogP contribution in [0, 0.1) is 6.92 Å². The van der Waals surface area contributed by atoms with Gasteiger partial charge in [-0.05, 0) is 68.8 Å². The molecule has 1 saturated heterocycles. The molecule has 0 radical (unpaired) electrons. The highest BCUT2D eigenvalue weighted by atomic mass is 35.5. The van der Waals surface area contributed by atoms with E-state index in [2.05, 4.69) is 31.3 Å². The maximum absolute atomic E-state index is 6.07. The van der Waals surface area contributed by atoms with Crippen LogP contribution in [0.15, 0.2) is 18.2 Å². The Morgan fingerprint density at radius 1 is 1.45 bits per heavy atom. The first-order valence-corrected chi connectivity index (χ1v) is 8.19. The van der Waals surface area contributed by atoms with Gasteiger partial charge in [0.2, 0.25) is 0 Å². The molecule has 3 heteroatoms. The summed E-state index contributed by atoms with van der Waals surface area (Å²) in [5.41, 5.74) is 2.65. The number of halogens is 1. The lowest BCUT2D eigenvalue weighted by molar-refractivity contribution is 0.0995. The molecular weight excluding hydrogens is 270 g/mol. The third-order valence-electron chi connectivity index (χ3n) is 4.05. The van der Waals surface area contributed by atoms with E-state index in [0.29, 0.717) is 12.1 Å². The smallest absolute Gasteiger partial charge is 0.0576 e. The van der Waals surface area contributed by atoms with Crippen LogP contribution in [-0.2, 0) is 4.74 Å². The van der Waals surface area contributed by atoms with Crippen LogP contribution in [0.25, 0.3) is 0 Å². The number of aryl methyl sites for hydroxylation is 1. The van der Waals surface area contributed by atoms with E-state index in [4.69, 9.17) is 16.3 Å². The van der Waals surface area contributed by atoms with Crippen LogP contribution in [0.4, 0.5) is 0 Å². The molecule has 1 heterocycles. The van der Waals surface area contributed by atoms with Gasteiger partial charge in [-0.25, -0.2) is 0 Å². The molecule has 2 atom stereocenters. The fourth-order valence-electron chi connectivity index (χ4n) is 2.94. The molecular formula is C17H26ClNO. The number of hydrogen-bond acceptors (Lipinski definition) is 2. The fourth-order valence-corrected chi connectivity index (χ4v) is 3.17. The topological polar surface area (TPSA) is 21.3 Å². The zero-order valence-electron chi connectivity index (χ0n) is 12.6. The molecule has 2 nitrogen and oxygen atoms in total. The first-order valence-electron chi connectivity index (χ1n) is 7.81. The van der Waals surface area contributed by atoms with Crippen molar-refractivity contribution >= 4 is 11.6 Å². The zero-order chi connectivity index (χ0) is 14.4. The van der Waals surface area contributed by atoms with E-state index in [1.807, 2.05) is 6.07 Å². The third kappa shape index (κ3) is 4.47. The largest absolute Gasteiger partial charge is 0.378 e. The molecule has 0 amide bonds. The highest BCUT2D eigenvalue weighted by molar-refractivity contribution is 6.30. The Labute approximate surface area is 127 Å². The molecule has 0 bridgehead atoms. The van der Waals surface area contributed by atoms with E-state index in [1.165, 1.54) is 24.0 Å². The summed E-state index contributed by atoms with van der Waals surface area (Å²) in [4.78, 5) is 0. The second-order valence-corrected chi connectivity index (χ2v) is 6.16. The highest BCUT2D eigenvalue weighted by Crippen LogP contribution is 2.27. The Kier molecular flexibility index (Phi) is 6.34. The summed E-state index contributed by atoms with van der Waals surface area (Å²) in [7, 11) is 0. The monoisotopic (exact) mass is 295 g/mol. The normalized spacial score (nSPS) is 20.2. The Morgan fingerprint density at radius 3 is 2.95 bits per heavy atom. The van der Waals surface area contributed by atoms with E-state index in [0.717, 1.165) is 37.4 Å². The van der Waals surface area contributed by atoms with Gasteiger partial charge in [-0.15, -0.1) is 0 Å². The highest BCUT2D eigenvalue weighted by Gasteiger charge is 2.19. The molecule has 1 fully saturated rings. The predicted octanol–water partition coefficient (Wildman–Crippen LogP) is 4.65. The lowest BCUT2D eigenvalue weighted by Gasteiger charge is -2.22. The Hall–Kier alpha value is -0.570. The fraction of sp³-hybridized carbons (Fsp3) is 0.647. The maximum atomic E-state index is 6.07. The van der Waals surface area contributed by atoms with Gasteiger partial charge in [0.05, 0.1) is 6.10 Å². The number of benzene rings is 1. The molecule has 20 heavy (non-hydrogen) atoms. The minimum atomic E-state index is 0.413. The van der Waals surface area contributed by atoms with Crippen LogP contribution < -0.4 is 5.32 Å². The number of ether oxygens (including phenoxy) is 1. The standard InChI is InChI=1S/C17H26ClNO/c1-3-10-19-17(9-7-15-5-4-11-20-15)16-8-6-14(18)12-13(16)2/h6,8,12,15,17,19H,3-5,7,9-11H2,1-2H3. The van der Waals surface area contributed by atoms with Crippen LogP contribution in [0.2, 0.25) is 5.02 Å². The zero-order valence-corrected chi connectivity index (χ0v) is 13.4. The molecule has 2 unspecified atom stereocenters. The lowest BCUT2D eigenvalue weighted by atomic mass is 9.95. The first kappa shape index (κ1) is 15.8. The van der Waals surface area contributed by atoms with Gasteiger partial charge in [0.15, 0.2) is 0 Å². The van der Waals surface area contributed by atoms with Crippen molar-refractivity contribution in [2.45, 2.75) is 58.1 Å². The van der Waals surface area contributed by atoms with Crippen molar-refractivity contribution in [2.24, 2.45) is 0 Å². The van der Waals surface area contributed by atoms with Crippen molar-refractivity contribution in [1.82, 2.24) is 5.32 Å². The average molecular weight is 296 g/mol. The lowest BCUT2D eigenvalue weighted by Crippen LogP contribution is -2.24. The Bertz CT molecular complexity index is 415. The summed E-state index contributed by atoms with van der Waals surface area (Å²) in [6, 6.07) is 6.64. The van der Waals surface area contributed by atoms with Gasteiger partial charge in [0.25, 0.3) is 0 Å². The van der Waals surface area contributed by atoms with Gasteiger partial charge in [0, 0.05) is 17.7 Å². The molecule has 0 spiro atoms. The van der Waals surface area contributed by atoms with Gasteiger partial charge in [0.1, 0.15) is 0 Å². The molecule has 1 aliphatic heterocycles. The molecule has 1 aromatic carbocycles.